The van der Waals surface area contributed by atoms with Gasteiger partial charge >= 0.3 is 0 Å². The molecule has 0 spiro atoms. The third-order valence-corrected chi connectivity index (χ3v) is 11.2. The van der Waals surface area contributed by atoms with E-state index in [0.717, 1.165) is 77.2 Å². The van der Waals surface area contributed by atoms with Crippen molar-refractivity contribution in [2.45, 2.75) is 0 Å². The monoisotopic (exact) mass is 753 g/mol. The van der Waals surface area contributed by atoms with E-state index in [-0.39, 0.29) is 0 Å². The Morgan fingerprint density at radius 3 is 1.29 bits per heavy atom. The van der Waals surface area contributed by atoms with Crippen LogP contribution in [0.4, 0.5) is 0 Å². The molecule has 0 atom stereocenters. The summed E-state index contributed by atoms with van der Waals surface area (Å²) in [7, 11) is 0. The summed E-state index contributed by atoms with van der Waals surface area (Å²) in [5, 5.41) is 4.36. The summed E-state index contributed by atoms with van der Waals surface area (Å²) in [5.41, 5.74) is 13.7. The standard InChI is InChI=1S/C55H35N3O/c1-4-13-36(14-5-1)38-23-25-40(26-24-38)43-31-32-47-50-35-49(46-21-10-11-22-48(46)52(50)59-51(47)34-43)44-19-12-20-45(33-44)55-57-53(41-17-8-3-9-18-41)56-54(58-55)42-29-27-39(28-30-42)37-15-6-2-7-16-37/h1-35H. The Labute approximate surface area is 341 Å². The van der Waals surface area contributed by atoms with Crippen LogP contribution < -0.4 is 0 Å². The second-order valence-corrected chi connectivity index (χ2v) is 14.8. The summed E-state index contributed by atoms with van der Waals surface area (Å²) in [6.07, 6.45) is 0. The molecule has 0 amide bonds. The highest BCUT2D eigenvalue weighted by Gasteiger charge is 2.18. The van der Waals surface area contributed by atoms with Crippen LogP contribution in [0.15, 0.2) is 217 Å². The van der Waals surface area contributed by atoms with Gasteiger partial charge in [-0.05, 0) is 74.2 Å². The van der Waals surface area contributed by atoms with Crippen molar-refractivity contribution in [1.29, 1.82) is 0 Å². The molecular weight excluding hydrogens is 719 g/mol. The molecule has 276 valence electrons. The molecule has 0 saturated carbocycles. The predicted octanol–water partition coefficient (Wildman–Crippen LogP) is 14.6. The van der Waals surface area contributed by atoms with Crippen LogP contribution in [0.25, 0.3) is 111 Å². The smallest absolute Gasteiger partial charge is 0.164 e. The average molecular weight is 754 g/mol. The van der Waals surface area contributed by atoms with Crippen LogP contribution >= 0.6 is 0 Å². The van der Waals surface area contributed by atoms with Gasteiger partial charge in [0.15, 0.2) is 17.5 Å². The zero-order valence-electron chi connectivity index (χ0n) is 32.0. The van der Waals surface area contributed by atoms with Crippen LogP contribution in [0.5, 0.6) is 0 Å². The van der Waals surface area contributed by atoms with Gasteiger partial charge in [-0.25, -0.2) is 15.0 Å². The van der Waals surface area contributed by atoms with Gasteiger partial charge in [-0.2, -0.15) is 0 Å². The lowest BCUT2D eigenvalue weighted by atomic mass is 9.94. The van der Waals surface area contributed by atoms with E-state index in [2.05, 4.69) is 170 Å². The van der Waals surface area contributed by atoms with Gasteiger partial charge in [0, 0.05) is 32.8 Å². The molecule has 0 N–H and O–H groups in total. The van der Waals surface area contributed by atoms with Gasteiger partial charge in [-0.15, -0.1) is 0 Å². The van der Waals surface area contributed by atoms with Gasteiger partial charge in [0.1, 0.15) is 11.2 Å². The number of hydrogen-bond acceptors (Lipinski definition) is 4. The quantitative estimate of drug-likeness (QED) is 0.163. The predicted molar refractivity (Wildman–Crippen MR) is 243 cm³/mol. The van der Waals surface area contributed by atoms with E-state index >= 15 is 0 Å². The Balaban J connectivity index is 0.999. The molecule has 4 heteroatoms. The third-order valence-electron chi connectivity index (χ3n) is 11.2. The summed E-state index contributed by atoms with van der Waals surface area (Å²) >= 11 is 0. The summed E-state index contributed by atoms with van der Waals surface area (Å²) in [6, 6.07) is 74.0. The Kier molecular flexibility index (Phi) is 8.45. The van der Waals surface area contributed by atoms with Crippen molar-refractivity contribution in [1.82, 2.24) is 15.0 Å². The van der Waals surface area contributed by atoms with Crippen molar-refractivity contribution >= 4 is 32.7 Å². The summed E-state index contributed by atoms with van der Waals surface area (Å²) in [4.78, 5) is 15.1. The molecule has 0 fully saturated rings. The molecule has 0 aliphatic heterocycles. The normalized spacial score (nSPS) is 11.4. The second kappa shape index (κ2) is 14.5. The summed E-state index contributed by atoms with van der Waals surface area (Å²) in [6.45, 7) is 0. The minimum atomic E-state index is 0.617. The van der Waals surface area contributed by atoms with Crippen LogP contribution in [0.2, 0.25) is 0 Å². The maximum absolute atomic E-state index is 6.72. The van der Waals surface area contributed by atoms with Gasteiger partial charge in [-0.3, -0.25) is 0 Å². The van der Waals surface area contributed by atoms with Crippen molar-refractivity contribution < 1.29 is 4.42 Å². The number of nitrogens with zero attached hydrogens (tertiary/aromatic N) is 3. The largest absolute Gasteiger partial charge is 0.455 e. The first-order chi connectivity index (χ1) is 29.2. The van der Waals surface area contributed by atoms with Crippen molar-refractivity contribution in [3.63, 3.8) is 0 Å². The zero-order valence-corrected chi connectivity index (χ0v) is 32.0. The van der Waals surface area contributed by atoms with E-state index in [4.69, 9.17) is 19.4 Å². The number of fused-ring (bicyclic) bond motifs is 5. The van der Waals surface area contributed by atoms with E-state index in [1.165, 1.54) is 16.7 Å². The van der Waals surface area contributed by atoms with E-state index in [0.29, 0.717) is 17.5 Å². The van der Waals surface area contributed by atoms with Crippen LogP contribution in [0, 0.1) is 0 Å². The van der Waals surface area contributed by atoms with Crippen LogP contribution in [0.1, 0.15) is 0 Å². The lowest BCUT2D eigenvalue weighted by Gasteiger charge is -2.11. The van der Waals surface area contributed by atoms with Crippen LogP contribution in [0.3, 0.4) is 0 Å². The number of rotatable bonds is 7. The first-order valence-corrected chi connectivity index (χ1v) is 19.8. The van der Waals surface area contributed by atoms with Crippen molar-refractivity contribution in [3.8, 4) is 78.7 Å². The fourth-order valence-corrected chi connectivity index (χ4v) is 8.12. The summed E-state index contributed by atoms with van der Waals surface area (Å²) < 4.78 is 6.72. The Morgan fingerprint density at radius 2 is 0.678 bits per heavy atom. The van der Waals surface area contributed by atoms with Gasteiger partial charge in [0.2, 0.25) is 0 Å². The van der Waals surface area contributed by atoms with Gasteiger partial charge in [-0.1, -0.05) is 188 Å². The SMILES string of the molecule is c1ccc(-c2ccc(-c3ccc4c(c3)oc3c5ccccc5c(-c5cccc(-c6nc(-c7ccccc7)nc(-c7ccc(-c8ccccc8)cc7)n6)c5)cc43)cc2)cc1. The maximum Gasteiger partial charge on any atom is 0.164 e. The molecule has 0 aliphatic rings. The summed E-state index contributed by atoms with van der Waals surface area (Å²) in [5.74, 6) is 1.87. The van der Waals surface area contributed by atoms with Crippen LogP contribution in [-0.2, 0) is 0 Å². The zero-order chi connectivity index (χ0) is 39.1. The Morgan fingerprint density at radius 1 is 0.254 bits per heavy atom. The van der Waals surface area contributed by atoms with E-state index in [1.807, 2.05) is 42.5 Å². The maximum atomic E-state index is 6.72. The fraction of sp³-hybridized carbons (Fsp3) is 0. The average Bonchev–Trinajstić information content (AvgIpc) is 3.70. The number of furan rings is 1. The molecule has 0 aliphatic carbocycles. The fourth-order valence-electron chi connectivity index (χ4n) is 8.12. The number of hydrogen-bond donors (Lipinski definition) is 0. The van der Waals surface area contributed by atoms with E-state index in [9.17, 15) is 0 Å². The topological polar surface area (TPSA) is 51.8 Å². The van der Waals surface area contributed by atoms with Gasteiger partial charge < -0.3 is 4.42 Å². The lowest BCUT2D eigenvalue weighted by molar-refractivity contribution is 0.673. The minimum Gasteiger partial charge on any atom is -0.455 e. The first-order valence-electron chi connectivity index (χ1n) is 19.8. The number of aromatic nitrogens is 3. The molecular formula is C55H35N3O. The molecule has 0 saturated heterocycles. The third kappa shape index (κ3) is 6.43. The van der Waals surface area contributed by atoms with E-state index < -0.39 is 0 Å². The van der Waals surface area contributed by atoms with E-state index in [1.54, 1.807) is 0 Å². The molecule has 11 rings (SSSR count). The van der Waals surface area contributed by atoms with Crippen LogP contribution in [-0.4, -0.2) is 15.0 Å². The highest BCUT2D eigenvalue weighted by atomic mass is 16.3. The van der Waals surface area contributed by atoms with Crippen molar-refractivity contribution in [2.24, 2.45) is 0 Å². The molecule has 2 heterocycles. The van der Waals surface area contributed by atoms with Gasteiger partial charge in [0.25, 0.3) is 0 Å². The van der Waals surface area contributed by atoms with Crippen molar-refractivity contribution in [3.05, 3.63) is 212 Å². The lowest BCUT2D eigenvalue weighted by Crippen LogP contribution is -2.00. The van der Waals surface area contributed by atoms with Gasteiger partial charge in [0.05, 0.1) is 0 Å². The Bertz CT molecular complexity index is 3280. The minimum absolute atomic E-state index is 0.617. The molecule has 0 radical (unpaired) electrons. The second-order valence-electron chi connectivity index (χ2n) is 14.8. The Hall–Kier alpha value is -7.95. The molecule has 9 aromatic carbocycles. The molecule has 59 heavy (non-hydrogen) atoms. The molecule has 11 aromatic rings. The molecule has 0 unspecified atom stereocenters. The molecule has 4 nitrogen and oxygen atoms in total. The molecule has 0 bridgehead atoms. The molecule has 2 aromatic heterocycles. The van der Waals surface area contributed by atoms with Crippen molar-refractivity contribution in [2.75, 3.05) is 0 Å². The first kappa shape index (κ1) is 34.3. The highest BCUT2D eigenvalue weighted by Crippen LogP contribution is 2.41. The number of benzene rings is 9. The highest BCUT2D eigenvalue weighted by molar-refractivity contribution is 6.19.